The van der Waals surface area contributed by atoms with Gasteiger partial charge in [0.1, 0.15) is 6.61 Å². The van der Waals surface area contributed by atoms with Crippen molar-refractivity contribution >= 4 is 6.08 Å². The first-order chi connectivity index (χ1) is 10.6. The van der Waals surface area contributed by atoms with Crippen LogP contribution in [0.1, 0.15) is 26.3 Å². The predicted molar refractivity (Wildman–Crippen MR) is 89.6 cm³/mol. The summed E-state index contributed by atoms with van der Waals surface area (Å²) in [5.41, 5.74) is 1.11. The summed E-state index contributed by atoms with van der Waals surface area (Å²) in [5.74, 6) is 1.57. The topological polar surface area (TPSA) is 30.9 Å². The molecule has 1 fully saturated rings. The number of hydrogen-bond donors (Lipinski definition) is 0. The van der Waals surface area contributed by atoms with Crippen molar-refractivity contribution in [2.75, 3.05) is 33.4 Å². The lowest BCUT2D eigenvalue weighted by atomic mass is 10.2. The molecule has 1 aliphatic heterocycles. The smallest absolute Gasteiger partial charge is 0.161 e. The molecule has 0 radical (unpaired) electrons. The summed E-state index contributed by atoms with van der Waals surface area (Å²) in [5, 5.41) is 0. The van der Waals surface area contributed by atoms with Crippen molar-refractivity contribution in [3.05, 3.63) is 29.8 Å². The molecule has 0 bridgehead atoms. The second-order valence-electron chi connectivity index (χ2n) is 5.78. The van der Waals surface area contributed by atoms with Crippen molar-refractivity contribution in [2.24, 2.45) is 0 Å². The van der Waals surface area contributed by atoms with Gasteiger partial charge in [-0.15, -0.1) is 0 Å². The van der Waals surface area contributed by atoms with Gasteiger partial charge in [-0.25, -0.2) is 0 Å². The fourth-order valence-corrected chi connectivity index (χ4v) is 2.85. The second-order valence-corrected chi connectivity index (χ2v) is 5.78. The third-order valence-electron chi connectivity index (χ3n) is 3.71. The van der Waals surface area contributed by atoms with Gasteiger partial charge in [-0.3, -0.25) is 4.90 Å². The number of ether oxygens (including phenoxy) is 3. The number of hydrogen-bond acceptors (Lipinski definition) is 4. The molecular formula is C18H27NO3. The van der Waals surface area contributed by atoms with E-state index in [1.807, 2.05) is 37.3 Å². The Labute approximate surface area is 133 Å². The molecule has 122 valence electrons. The average Bonchev–Trinajstić information content (AvgIpc) is 2.48. The molecule has 0 spiro atoms. The summed E-state index contributed by atoms with van der Waals surface area (Å²) in [6.45, 7) is 9.72. The second kappa shape index (κ2) is 8.20. The maximum Gasteiger partial charge on any atom is 0.161 e. The quantitative estimate of drug-likeness (QED) is 0.807. The van der Waals surface area contributed by atoms with E-state index in [-0.39, 0.29) is 0 Å². The maximum atomic E-state index is 5.90. The van der Waals surface area contributed by atoms with E-state index in [9.17, 15) is 0 Å². The lowest BCUT2D eigenvalue weighted by Gasteiger charge is -2.35. The fourth-order valence-electron chi connectivity index (χ4n) is 2.85. The minimum absolute atomic E-state index is 0.290. The van der Waals surface area contributed by atoms with E-state index >= 15 is 0 Å². The highest BCUT2D eigenvalue weighted by Gasteiger charge is 2.21. The van der Waals surface area contributed by atoms with Gasteiger partial charge in [0, 0.05) is 19.6 Å². The molecule has 0 N–H and O–H groups in total. The molecule has 0 amide bonds. The molecule has 4 heteroatoms. The molecule has 2 rings (SSSR count). The molecule has 1 aromatic carbocycles. The third kappa shape index (κ3) is 4.75. The zero-order chi connectivity index (χ0) is 15.9. The molecule has 1 aromatic rings. The maximum absolute atomic E-state index is 5.90. The highest BCUT2D eigenvalue weighted by atomic mass is 16.5. The molecule has 1 heterocycles. The Morgan fingerprint density at radius 1 is 1.23 bits per heavy atom. The number of methoxy groups -OCH3 is 1. The largest absolute Gasteiger partial charge is 0.493 e. The number of rotatable bonds is 6. The zero-order valence-electron chi connectivity index (χ0n) is 14.0. The van der Waals surface area contributed by atoms with Gasteiger partial charge >= 0.3 is 0 Å². The summed E-state index contributed by atoms with van der Waals surface area (Å²) in [6.07, 6.45) is 4.63. The van der Waals surface area contributed by atoms with Gasteiger partial charge < -0.3 is 14.2 Å². The van der Waals surface area contributed by atoms with Crippen LogP contribution in [0.4, 0.5) is 0 Å². The summed E-state index contributed by atoms with van der Waals surface area (Å²) < 4.78 is 17.1. The minimum atomic E-state index is 0.290. The standard InChI is InChI=1S/C18H27NO3/c1-5-6-16-7-8-17(18(11-16)20-4)21-10-9-19-12-14(2)22-15(3)13-19/h5-8,11,14-15H,9-10,12-13H2,1-4H3. The third-order valence-corrected chi connectivity index (χ3v) is 3.71. The Morgan fingerprint density at radius 2 is 1.95 bits per heavy atom. The number of morpholine rings is 1. The lowest BCUT2D eigenvalue weighted by molar-refractivity contribution is -0.0699. The SMILES string of the molecule is CC=Cc1ccc(OCCN2CC(C)OC(C)C2)c(OC)c1. The Bertz CT molecular complexity index is 491. The van der Waals surface area contributed by atoms with Gasteiger partial charge in [-0.1, -0.05) is 18.2 Å². The van der Waals surface area contributed by atoms with E-state index in [1.54, 1.807) is 7.11 Å². The first-order valence-electron chi connectivity index (χ1n) is 7.93. The van der Waals surface area contributed by atoms with Crippen LogP contribution in [0.2, 0.25) is 0 Å². The Balaban J connectivity index is 1.88. The Kier molecular flexibility index (Phi) is 6.28. The zero-order valence-corrected chi connectivity index (χ0v) is 14.0. The number of benzene rings is 1. The van der Waals surface area contributed by atoms with E-state index in [1.165, 1.54) is 0 Å². The van der Waals surface area contributed by atoms with Crippen molar-refractivity contribution in [1.82, 2.24) is 4.90 Å². The first kappa shape index (κ1) is 16.8. The van der Waals surface area contributed by atoms with Crippen molar-refractivity contribution in [3.63, 3.8) is 0 Å². The minimum Gasteiger partial charge on any atom is -0.493 e. The van der Waals surface area contributed by atoms with E-state index in [0.717, 1.165) is 36.7 Å². The van der Waals surface area contributed by atoms with Gasteiger partial charge in [-0.05, 0) is 38.5 Å². The van der Waals surface area contributed by atoms with E-state index in [0.29, 0.717) is 18.8 Å². The van der Waals surface area contributed by atoms with Crippen LogP contribution >= 0.6 is 0 Å². The molecule has 0 aliphatic carbocycles. The number of nitrogens with zero attached hydrogens (tertiary/aromatic N) is 1. The monoisotopic (exact) mass is 305 g/mol. The van der Waals surface area contributed by atoms with Crippen molar-refractivity contribution < 1.29 is 14.2 Å². The summed E-state index contributed by atoms with van der Waals surface area (Å²) in [6, 6.07) is 6.00. The average molecular weight is 305 g/mol. The van der Waals surface area contributed by atoms with Crippen LogP contribution in [-0.2, 0) is 4.74 Å². The molecule has 1 saturated heterocycles. The fraction of sp³-hybridized carbons (Fsp3) is 0.556. The molecule has 2 atom stereocenters. The van der Waals surface area contributed by atoms with Crippen LogP contribution in [0.3, 0.4) is 0 Å². The molecule has 0 aromatic heterocycles. The van der Waals surface area contributed by atoms with Crippen molar-refractivity contribution in [3.8, 4) is 11.5 Å². The van der Waals surface area contributed by atoms with Gasteiger partial charge in [0.2, 0.25) is 0 Å². The van der Waals surface area contributed by atoms with Crippen LogP contribution in [0, 0.1) is 0 Å². The Hall–Kier alpha value is -1.52. The first-order valence-corrected chi connectivity index (χ1v) is 7.93. The highest BCUT2D eigenvalue weighted by Crippen LogP contribution is 2.28. The van der Waals surface area contributed by atoms with Gasteiger partial charge in [-0.2, -0.15) is 0 Å². The van der Waals surface area contributed by atoms with Gasteiger partial charge in [0.15, 0.2) is 11.5 Å². The van der Waals surface area contributed by atoms with Crippen molar-refractivity contribution in [2.45, 2.75) is 33.0 Å². The van der Waals surface area contributed by atoms with Crippen LogP contribution in [0.25, 0.3) is 6.08 Å². The molecule has 1 aliphatic rings. The van der Waals surface area contributed by atoms with Crippen LogP contribution in [0.5, 0.6) is 11.5 Å². The predicted octanol–water partition coefficient (Wildman–Crippen LogP) is 3.22. The normalized spacial score (nSPS) is 22.9. The van der Waals surface area contributed by atoms with E-state index in [2.05, 4.69) is 18.7 Å². The summed E-state index contributed by atoms with van der Waals surface area (Å²) >= 11 is 0. The summed E-state index contributed by atoms with van der Waals surface area (Å²) in [7, 11) is 1.67. The van der Waals surface area contributed by atoms with E-state index in [4.69, 9.17) is 14.2 Å². The molecule has 0 saturated carbocycles. The Morgan fingerprint density at radius 3 is 2.59 bits per heavy atom. The van der Waals surface area contributed by atoms with Crippen LogP contribution < -0.4 is 9.47 Å². The van der Waals surface area contributed by atoms with Gasteiger partial charge in [0.25, 0.3) is 0 Å². The van der Waals surface area contributed by atoms with Gasteiger partial charge in [0.05, 0.1) is 19.3 Å². The van der Waals surface area contributed by atoms with E-state index < -0.39 is 0 Å². The van der Waals surface area contributed by atoms with Crippen LogP contribution in [-0.4, -0.2) is 50.5 Å². The molecular weight excluding hydrogens is 278 g/mol. The lowest BCUT2D eigenvalue weighted by Crippen LogP contribution is -2.46. The molecule has 2 unspecified atom stereocenters. The molecule has 4 nitrogen and oxygen atoms in total. The molecule has 22 heavy (non-hydrogen) atoms. The highest BCUT2D eigenvalue weighted by molar-refractivity contribution is 5.55. The van der Waals surface area contributed by atoms with Crippen molar-refractivity contribution in [1.29, 1.82) is 0 Å². The number of allylic oxidation sites excluding steroid dienone is 1. The summed E-state index contributed by atoms with van der Waals surface area (Å²) in [4.78, 5) is 2.39. The van der Waals surface area contributed by atoms with Crippen LogP contribution in [0.15, 0.2) is 24.3 Å².